The minimum Gasteiger partial charge on any atom is -0.476 e. The number of carbonyl (C=O) groups is 1. The maximum Gasteiger partial charge on any atom is 0.356 e. The molecule has 0 aliphatic carbocycles. The highest BCUT2D eigenvalue weighted by Gasteiger charge is 2.20. The first-order valence-corrected chi connectivity index (χ1v) is 6.83. The molecule has 5 heteroatoms. The molecule has 0 bridgehead atoms. The molecule has 3 rings (SSSR count). The van der Waals surface area contributed by atoms with Crippen molar-refractivity contribution in [2.45, 2.75) is 6.92 Å². The molecule has 2 aromatic heterocycles. The Morgan fingerprint density at radius 1 is 1.20 bits per heavy atom. The van der Waals surface area contributed by atoms with Crippen LogP contribution in [0.5, 0.6) is 0 Å². The first-order valence-electron chi connectivity index (χ1n) is 6.01. The Morgan fingerprint density at radius 2 is 1.95 bits per heavy atom. The molecule has 0 aliphatic heterocycles. The highest BCUT2D eigenvalue weighted by Crippen LogP contribution is 2.36. The van der Waals surface area contributed by atoms with Crippen molar-refractivity contribution in [1.29, 1.82) is 0 Å². The third-order valence-corrected chi connectivity index (χ3v) is 3.94. The van der Waals surface area contributed by atoms with Gasteiger partial charge < -0.3 is 9.52 Å². The van der Waals surface area contributed by atoms with Gasteiger partial charge in [-0.15, -0.1) is 11.3 Å². The summed E-state index contributed by atoms with van der Waals surface area (Å²) in [6, 6.07) is 13.0. The summed E-state index contributed by atoms with van der Waals surface area (Å²) in [5, 5.41) is 9.88. The van der Waals surface area contributed by atoms with E-state index in [4.69, 9.17) is 4.42 Å². The Hall–Kier alpha value is -2.40. The van der Waals surface area contributed by atoms with E-state index in [9.17, 15) is 9.90 Å². The third-order valence-electron chi connectivity index (χ3n) is 2.82. The number of hydrogen-bond acceptors (Lipinski definition) is 4. The first kappa shape index (κ1) is 12.6. The molecule has 100 valence electrons. The second-order valence-corrected chi connectivity index (χ2v) is 5.28. The Morgan fingerprint density at radius 3 is 2.55 bits per heavy atom. The van der Waals surface area contributed by atoms with Crippen LogP contribution in [0.1, 0.15) is 16.2 Å². The van der Waals surface area contributed by atoms with Crippen molar-refractivity contribution in [3.63, 3.8) is 0 Å². The van der Waals surface area contributed by atoms with Gasteiger partial charge in [-0.2, -0.15) is 0 Å². The number of carboxylic acids is 1. The summed E-state index contributed by atoms with van der Waals surface area (Å²) in [6.45, 7) is 1.84. The second kappa shape index (κ2) is 4.94. The van der Waals surface area contributed by atoms with Crippen LogP contribution < -0.4 is 0 Å². The van der Waals surface area contributed by atoms with Crippen molar-refractivity contribution in [3.05, 3.63) is 53.9 Å². The summed E-state index contributed by atoms with van der Waals surface area (Å²) in [5.74, 6) is 0.333. The number of carboxylic acid groups (broad SMARTS) is 1. The summed E-state index contributed by atoms with van der Waals surface area (Å²) in [4.78, 5) is 16.2. The average Bonchev–Trinajstić information content (AvgIpc) is 3.05. The fraction of sp³-hybridized carbons (Fsp3) is 0.0667. The van der Waals surface area contributed by atoms with Crippen LogP contribution in [-0.4, -0.2) is 16.1 Å². The smallest absolute Gasteiger partial charge is 0.356 e. The molecule has 0 spiro atoms. The number of thiazole rings is 1. The summed E-state index contributed by atoms with van der Waals surface area (Å²) in [6.07, 6.45) is 0. The molecule has 3 aromatic rings. The molecular formula is C15H11NO3S. The topological polar surface area (TPSA) is 63.3 Å². The van der Waals surface area contributed by atoms with Gasteiger partial charge in [0.25, 0.3) is 0 Å². The standard InChI is InChI=1S/C15H11NO3S/c1-9-7-8-11(19-9)14-16-12(15(17)18)13(20-14)10-5-3-2-4-6-10/h2-8H,1H3,(H,17,18). The van der Waals surface area contributed by atoms with E-state index in [0.29, 0.717) is 15.6 Å². The molecule has 1 N–H and O–H groups in total. The van der Waals surface area contributed by atoms with Gasteiger partial charge in [0.1, 0.15) is 5.76 Å². The van der Waals surface area contributed by atoms with Crippen molar-refractivity contribution in [2.75, 3.05) is 0 Å². The molecule has 0 amide bonds. The summed E-state index contributed by atoms with van der Waals surface area (Å²) < 4.78 is 5.51. The quantitative estimate of drug-likeness (QED) is 0.787. The Balaban J connectivity index is 2.15. The molecule has 0 atom stereocenters. The maximum atomic E-state index is 11.4. The van der Waals surface area contributed by atoms with Gasteiger partial charge in [0.05, 0.1) is 4.88 Å². The number of aromatic carboxylic acids is 1. The van der Waals surface area contributed by atoms with E-state index in [0.717, 1.165) is 11.3 Å². The summed E-state index contributed by atoms with van der Waals surface area (Å²) >= 11 is 1.32. The van der Waals surface area contributed by atoms with Crippen molar-refractivity contribution < 1.29 is 14.3 Å². The minimum absolute atomic E-state index is 0.0604. The largest absolute Gasteiger partial charge is 0.476 e. The van der Waals surface area contributed by atoms with Crippen LogP contribution in [0.3, 0.4) is 0 Å². The van der Waals surface area contributed by atoms with E-state index in [1.54, 1.807) is 6.07 Å². The fourth-order valence-corrected chi connectivity index (χ4v) is 2.93. The van der Waals surface area contributed by atoms with E-state index in [1.165, 1.54) is 11.3 Å². The monoisotopic (exact) mass is 285 g/mol. The van der Waals surface area contributed by atoms with Crippen molar-refractivity contribution in [3.8, 4) is 21.2 Å². The van der Waals surface area contributed by atoms with Crippen LogP contribution in [0.4, 0.5) is 0 Å². The van der Waals surface area contributed by atoms with E-state index >= 15 is 0 Å². The lowest BCUT2D eigenvalue weighted by molar-refractivity contribution is 0.0692. The predicted octanol–water partition coefficient (Wildman–Crippen LogP) is 4.08. The number of rotatable bonds is 3. The van der Waals surface area contributed by atoms with Gasteiger partial charge in [-0.3, -0.25) is 0 Å². The van der Waals surface area contributed by atoms with Gasteiger partial charge in [0, 0.05) is 0 Å². The zero-order chi connectivity index (χ0) is 14.1. The SMILES string of the molecule is Cc1ccc(-c2nc(C(=O)O)c(-c3ccccc3)s2)o1. The normalized spacial score (nSPS) is 10.7. The van der Waals surface area contributed by atoms with Gasteiger partial charge in [-0.25, -0.2) is 9.78 Å². The number of aryl methyl sites for hydroxylation is 1. The predicted molar refractivity (Wildman–Crippen MR) is 76.9 cm³/mol. The van der Waals surface area contributed by atoms with Crippen LogP contribution in [0, 0.1) is 6.92 Å². The van der Waals surface area contributed by atoms with Crippen molar-refractivity contribution in [1.82, 2.24) is 4.98 Å². The number of hydrogen-bond donors (Lipinski definition) is 1. The summed E-state index contributed by atoms with van der Waals surface area (Å²) in [5.41, 5.74) is 0.905. The minimum atomic E-state index is -1.03. The molecule has 0 radical (unpaired) electrons. The molecule has 0 unspecified atom stereocenters. The number of nitrogens with zero attached hydrogens (tertiary/aromatic N) is 1. The van der Waals surface area contributed by atoms with E-state index in [-0.39, 0.29) is 5.69 Å². The number of aromatic nitrogens is 1. The van der Waals surface area contributed by atoms with Crippen LogP contribution in [-0.2, 0) is 0 Å². The Kier molecular flexibility index (Phi) is 3.12. The highest BCUT2D eigenvalue weighted by molar-refractivity contribution is 7.18. The van der Waals surface area contributed by atoms with Crippen molar-refractivity contribution in [2.24, 2.45) is 0 Å². The van der Waals surface area contributed by atoms with E-state index in [2.05, 4.69) is 4.98 Å². The van der Waals surface area contributed by atoms with Crippen LogP contribution >= 0.6 is 11.3 Å². The molecule has 0 saturated heterocycles. The molecule has 2 heterocycles. The summed E-state index contributed by atoms with van der Waals surface area (Å²) in [7, 11) is 0. The van der Waals surface area contributed by atoms with Gasteiger partial charge in [0.15, 0.2) is 16.5 Å². The lowest BCUT2D eigenvalue weighted by atomic mass is 10.1. The molecule has 0 aliphatic rings. The molecule has 0 fully saturated rings. The Labute approximate surface area is 119 Å². The van der Waals surface area contributed by atoms with E-state index in [1.807, 2.05) is 43.3 Å². The van der Waals surface area contributed by atoms with E-state index < -0.39 is 5.97 Å². The van der Waals surface area contributed by atoms with Gasteiger partial charge in [-0.1, -0.05) is 30.3 Å². The second-order valence-electron chi connectivity index (χ2n) is 4.28. The van der Waals surface area contributed by atoms with Crippen LogP contribution in [0.25, 0.3) is 21.2 Å². The zero-order valence-corrected chi connectivity index (χ0v) is 11.5. The Bertz CT molecular complexity index is 759. The van der Waals surface area contributed by atoms with Crippen LogP contribution in [0.15, 0.2) is 46.9 Å². The molecular weight excluding hydrogens is 274 g/mol. The number of benzene rings is 1. The maximum absolute atomic E-state index is 11.4. The van der Waals surface area contributed by atoms with Gasteiger partial charge in [-0.05, 0) is 24.6 Å². The van der Waals surface area contributed by atoms with Crippen molar-refractivity contribution >= 4 is 17.3 Å². The zero-order valence-electron chi connectivity index (χ0n) is 10.7. The molecule has 0 saturated carbocycles. The van der Waals surface area contributed by atoms with Crippen LogP contribution in [0.2, 0.25) is 0 Å². The fourth-order valence-electron chi connectivity index (χ4n) is 1.91. The first-order chi connectivity index (χ1) is 9.65. The molecule has 1 aromatic carbocycles. The van der Waals surface area contributed by atoms with Gasteiger partial charge >= 0.3 is 5.97 Å². The average molecular weight is 285 g/mol. The lowest BCUT2D eigenvalue weighted by Crippen LogP contribution is -1.98. The third kappa shape index (κ3) is 2.23. The lowest BCUT2D eigenvalue weighted by Gasteiger charge is -1.97. The number of furan rings is 1. The molecule has 4 nitrogen and oxygen atoms in total. The highest BCUT2D eigenvalue weighted by atomic mass is 32.1. The van der Waals surface area contributed by atoms with Gasteiger partial charge in [0.2, 0.25) is 0 Å². The molecule has 20 heavy (non-hydrogen) atoms.